The third-order valence-corrected chi connectivity index (χ3v) is 7.45. The predicted molar refractivity (Wildman–Crippen MR) is 127 cm³/mol. The summed E-state index contributed by atoms with van der Waals surface area (Å²) in [5, 5.41) is 7.56. The number of fused-ring (bicyclic) bond motifs is 1. The largest absolute Gasteiger partial charge is 0.486 e. The van der Waals surface area contributed by atoms with E-state index in [1.54, 1.807) is 0 Å². The minimum absolute atomic E-state index is 0.00367. The van der Waals surface area contributed by atoms with Gasteiger partial charge in [0.2, 0.25) is 10.0 Å². The molecule has 1 amide bonds. The highest BCUT2D eigenvalue weighted by molar-refractivity contribution is 7.89. The molecule has 0 spiro atoms. The number of benzene rings is 2. The van der Waals surface area contributed by atoms with Crippen LogP contribution in [0.15, 0.2) is 42.5 Å². The molecule has 7 nitrogen and oxygen atoms in total. The van der Waals surface area contributed by atoms with Crippen LogP contribution in [0.4, 0.5) is 0 Å². The molecule has 3 atom stereocenters. The van der Waals surface area contributed by atoms with E-state index in [4.69, 9.17) is 14.6 Å². The fraction of sp³-hybridized carbons (Fsp3) is 0.480. The third-order valence-electron chi connectivity index (χ3n) is 6.67. The van der Waals surface area contributed by atoms with E-state index in [2.05, 4.69) is 18.3 Å². The minimum Gasteiger partial charge on any atom is -0.486 e. The number of para-hydroxylation sites is 1. The van der Waals surface area contributed by atoms with Crippen molar-refractivity contribution < 1.29 is 22.7 Å². The van der Waals surface area contributed by atoms with Gasteiger partial charge in [0.05, 0.1) is 5.75 Å². The fourth-order valence-corrected chi connectivity index (χ4v) is 5.41. The van der Waals surface area contributed by atoms with E-state index >= 15 is 0 Å². The highest BCUT2D eigenvalue weighted by Gasteiger charge is 2.29. The molecule has 1 saturated carbocycles. The maximum absolute atomic E-state index is 12.2. The van der Waals surface area contributed by atoms with Crippen molar-refractivity contribution in [2.75, 3.05) is 25.5 Å². The number of sulfonamides is 1. The molecular weight excluding hydrogens is 440 g/mol. The molecule has 178 valence electrons. The zero-order valence-corrected chi connectivity index (χ0v) is 19.8. The second kappa shape index (κ2) is 10.1. The molecule has 1 heterocycles. The summed E-state index contributed by atoms with van der Waals surface area (Å²) in [6.07, 6.45) is 4.58. The zero-order chi connectivity index (χ0) is 23.4. The van der Waals surface area contributed by atoms with Crippen molar-refractivity contribution in [1.29, 1.82) is 0 Å². The molecule has 0 unspecified atom stereocenters. The molecule has 33 heavy (non-hydrogen) atoms. The number of hydrogen-bond acceptors (Lipinski definition) is 5. The maximum atomic E-state index is 12.2. The molecule has 4 rings (SSSR count). The lowest BCUT2D eigenvalue weighted by Gasteiger charge is -2.25. The van der Waals surface area contributed by atoms with Gasteiger partial charge in [-0.25, -0.2) is 13.6 Å². The van der Waals surface area contributed by atoms with Gasteiger partial charge >= 0.3 is 0 Å². The molecule has 1 aliphatic carbocycles. The Morgan fingerprint density at radius 2 is 1.88 bits per heavy atom. The first kappa shape index (κ1) is 23.6. The van der Waals surface area contributed by atoms with Gasteiger partial charge in [0, 0.05) is 17.7 Å². The van der Waals surface area contributed by atoms with Crippen LogP contribution in [0.3, 0.4) is 0 Å². The number of amides is 1. The number of rotatable bonds is 8. The van der Waals surface area contributed by atoms with Gasteiger partial charge in [-0.1, -0.05) is 31.2 Å². The molecule has 2 aromatic carbocycles. The lowest BCUT2D eigenvalue weighted by Crippen LogP contribution is -2.31. The number of hydrogen-bond donors (Lipinski definition) is 2. The Morgan fingerprint density at radius 3 is 2.64 bits per heavy atom. The van der Waals surface area contributed by atoms with Crippen LogP contribution in [-0.2, 0) is 10.0 Å². The minimum atomic E-state index is -3.58. The Hall–Kier alpha value is -2.58. The molecule has 3 N–H and O–H groups in total. The maximum Gasteiger partial charge on any atom is 0.251 e. The zero-order valence-electron chi connectivity index (χ0n) is 19.0. The van der Waals surface area contributed by atoms with Gasteiger partial charge in [-0.2, -0.15) is 0 Å². The average Bonchev–Trinajstić information content (AvgIpc) is 3.26. The average molecular weight is 473 g/mol. The summed E-state index contributed by atoms with van der Waals surface area (Å²) in [5.41, 5.74) is 3.00. The summed E-state index contributed by atoms with van der Waals surface area (Å²) in [5.74, 6) is 2.73. The number of ether oxygens (including phenoxy) is 2. The van der Waals surface area contributed by atoms with E-state index in [1.165, 1.54) is 17.5 Å². The van der Waals surface area contributed by atoms with Gasteiger partial charge in [0.15, 0.2) is 11.5 Å². The summed E-state index contributed by atoms with van der Waals surface area (Å²) >= 11 is 0. The van der Waals surface area contributed by atoms with Crippen LogP contribution < -0.4 is 19.9 Å². The van der Waals surface area contributed by atoms with Gasteiger partial charge in [0.25, 0.3) is 5.91 Å². The van der Waals surface area contributed by atoms with Crippen LogP contribution >= 0.6 is 0 Å². The van der Waals surface area contributed by atoms with E-state index in [0.717, 1.165) is 30.8 Å². The molecule has 1 aliphatic heterocycles. The molecule has 2 aliphatic rings. The van der Waals surface area contributed by atoms with Gasteiger partial charge in [-0.3, -0.25) is 4.79 Å². The van der Waals surface area contributed by atoms with E-state index in [9.17, 15) is 13.2 Å². The van der Waals surface area contributed by atoms with Crippen LogP contribution in [0.5, 0.6) is 11.5 Å². The molecule has 0 radical (unpaired) electrons. The molecule has 0 aromatic heterocycles. The van der Waals surface area contributed by atoms with Crippen molar-refractivity contribution in [3.05, 3.63) is 59.2 Å². The lowest BCUT2D eigenvalue weighted by molar-refractivity contribution is 0.0956. The Morgan fingerprint density at radius 1 is 1.12 bits per heavy atom. The van der Waals surface area contributed by atoms with Crippen LogP contribution in [0, 0.1) is 5.92 Å². The van der Waals surface area contributed by atoms with E-state index in [-0.39, 0.29) is 18.2 Å². The second-order valence-electron chi connectivity index (χ2n) is 9.13. The summed E-state index contributed by atoms with van der Waals surface area (Å²) in [7, 11) is -3.58. The van der Waals surface area contributed by atoms with Crippen LogP contribution in [0.25, 0.3) is 0 Å². The van der Waals surface area contributed by atoms with Crippen LogP contribution in [-0.4, -0.2) is 39.8 Å². The normalized spacial score (nSPS) is 20.9. The van der Waals surface area contributed by atoms with Gasteiger partial charge in [-0.05, 0) is 67.2 Å². The first-order chi connectivity index (χ1) is 15.8. The van der Waals surface area contributed by atoms with E-state index in [1.807, 2.05) is 36.4 Å². The Balaban J connectivity index is 1.31. The van der Waals surface area contributed by atoms with Crippen molar-refractivity contribution in [2.45, 2.75) is 44.4 Å². The highest BCUT2D eigenvalue weighted by atomic mass is 32.2. The van der Waals surface area contributed by atoms with Crippen molar-refractivity contribution in [1.82, 2.24) is 5.32 Å². The Kier molecular flexibility index (Phi) is 7.24. The monoisotopic (exact) mass is 472 g/mol. The van der Waals surface area contributed by atoms with Gasteiger partial charge < -0.3 is 14.8 Å². The number of carbonyl (C=O) groups excluding carboxylic acids is 1. The molecule has 0 saturated heterocycles. The summed E-state index contributed by atoms with van der Waals surface area (Å²) in [6, 6.07) is 13.8. The quantitative estimate of drug-likeness (QED) is 0.611. The number of nitrogens with one attached hydrogen (secondary N) is 1. The van der Waals surface area contributed by atoms with Crippen molar-refractivity contribution in [3.8, 4) is 11.5 Å². The van der Waals surface area contributed by atoms with E-state index < -0.39 is 10.0 Å². The topological polar surface area (TPSA) is 108 Å². The van der Waals surface area contributed by atoms with Crippen molar-refractivity contribution in [3.63, 3.8) is 0 Å². The van der Waals surface area contributed by atoms with Crippen LogP contribution in [0.1, 0.15) is 65.9 Å². The Bertz CT molecular complexity index is 1080. The summed E-state index contributed by atoms with van der Waals surface area (Å²) in [6.45, 7) is 3.47. The van der Waals surface area contributed by atoms with Gasteiger partial charge in [-0.15, -0.1) is 0 Å². The summed E-state index contributed by atoms with van der Waals surface area (Å²) in [4.78, 5) is 12.2. The fourth-order valence-electron chi connectivity index (χ4n) is 5.02. The summed E-state index contributed by atoms with van der Waals surface area (Å²) < 4.78 is 33.6. The lowest BCUT2D eigenvalue weighted by atomic mass is 9.87. The number of carbonyl (C=O) groups is 1. The first-order valence-electron chi connectivity index (χ1n) is 11.6. The third kappa shape index (κ3) is 6.06. The van der Waals surface area contributed by atoms with Crippen molar-refractivity contribution in [2.24, 2.45) is 11.1 Å². The molecule has 8 heteroatoms. The second-order valence-corrected chi connectivity index (χ2v) is 10.9. The van der Waals surface area contributed by atoms with E-state index in [0.29, 0.717) is 36.5 Å². The predicted octanol–water partition coefficient (Wildman–Crippen LogP) is 3.55. The van der Waals surface area contributed by atoms with Gasteiger partial charge in [0.1, 0.15) is 13.2 Å². The number of nitrogens with two attached hydrogens (primary N) is 1. The highest BCUT2D eigenvalue weighted by Crippen LogP contribution is 2.45. The molecule has 1 fully saturated rings. The molecule has 2 aromatic rings. The first-order valence-corrected chi connectivity index (χ1v) is 13.3. The van der Waals surface area contributed by atoms with Crippen LogP contribution in [0.2, 0.25) is 0 Å². The smallest absolute Gasteiger partial charge is 0.251 e. The number of primary sulfonamides is 1. The van der Waals surface area contributed by atoms with Crippen molar-refractivity contribution >= 4 is 15.9 Å². The molecular formula is C25H32N2O5S. The Labute approximate surface area is 195 Å². The molecule has 0 bridgehead atoms. The SMILES string of the molecule is C[C@@H](C[C@H]1CC[C@@H](c2ccc(C(=O)NCCS(N)(=O)=O)cc2)C1)c1cccc2c1OCCO2. The standard InChI is InChI=1S/C25H32N2O5S/c1-17(22-3-2-4-23-24(22)32-13-12-31-23)15-18-5-6-21(16-18)19-7-9-20(10-8-19)25(28)27-11-14-33(26,29)30/h2-4,7-10,17-18,21H,5-6,11-16H2,1H3,(H,27,28)(H2,26,29,30)/t17-,18+,21+/m0/s1.